The highest BCUT2D eigenvalue weighted by Crippen LogP contribution is 2.27. The molecule has 0 heterocycles. The molecule has 0 aliphatic rings. The minimum atomic E-state index is -4.60. The van der Waals surface area contributed by atoms with Crippen molar-refractivity contribution in [2.24, 2.45) is 0 Å². The molecule has 19 heavy (non-hydrogen) atoms. The number of halogens is 3. The lowest BCUT2D eigenvalue weighted by atomic mass is 10.3. The molecule has 0 aliphatic carbocycles. The molecular weight excluding hydrogens is 301 g/mol. The fraction of sp³-hybridized carbons (Fsp3) is 0.400. The number of sulfonamides is 1. The highest BCUT2D eigenvalue weighted by Gasteiger charge is 2.30. The summed E-state index contributed by atoms with van der Waals surface area (Å²) in [4.78, 5) is 0.409. The van der Waals surface area contributed by atoms with Crippen LogP contribution in [-0.2, 0) is 10.0 Å². The molecule has 0 aliphatic heterocycles. The molecule has 0 bridgehead atoms. The highest BCUT2D eigenvalue weighted by molar-refractivity contribution is 7.99. The van der Waals surface area contributed by atoms with Gasteiger partial charge >= 0.3 is 6.18 Å². The monoisotopic (exact) mass is 314 g/mol. The number of anilines is 1. The van der Waals surface area contributed by atoms with Crippen LogP contribution in [0.25, 0.3) is 0 Å². The molecule has 4 nitrogen and oxygen atoms in total. The zero-order valence-corrected chi connectivity index (χ0v) is 11.6. The molecule has 0 amide bonds. The lowest BCUT2D eigenvalue weighted by molar-refractivity contribution is -0.121. The number of benzene rings is 1. The number of alkyl halides is 3. The van der Waals surface area contributed by atoms with Crippen molar-refractivity contribution in [1.82, 2.24) is 4.72 Å². The second-order valence-electron chi connectivity index (χ2n) is 3.57. The number of nitrogens with one attached hydrogen (secondary N) is 1. The third-order valence-corrected chi connectivity index (χ3v) is 4.42. The molecule has 0 aromatic heterocycles. The van der Waals surface area contributed by atoms with Gasteiger partial charge in [-0.25, -0.2) is 13.1 Å². The Bertz CT molecular complexity index is 544. The molecule has 0 saturated carbocycles. The van der Waals surface area contributed by atoms with Crippen molar-refractivity contribution < 1.29 is 21.6 Å². The van der Waals surface area contributed by atoms with Crippen LogP contribution in [0.4, 0.5) is 18.9 Å². The number of hydrogen-bond donors (Lipinski definition) is 2. The van der Waals surface area contributed by atoms with Crippen molar-refractivity contribution in [2.75, 3.05) is 18.0 Å². The number of hydrogen-bond acceptors (Lipinski definition) is 4. The Morgan fingerprint density at radius 1 is 1.37 bits per heavy atom. The lowest BCUT2D eigenvalue weighted by Crippen LogP contribution is -2.33. The van der Waals surface area contributed by atoms with Crippen molar-refractivity contribution in [1.29, 1.82) is 0 Å². The summed E-state index contributed by atoms with van der Waals surface area (Å²) in [6.45, 7) is 0.292. The third kappa shape index (κ3) is 4.92. The molecule has 1 aromatic rings. The lowest BCUT2D eigenvalue weighted by Gasteiger charge is -2.11. The quantitative estimate of drug-likeness (QED) is 0.646. The third-order valence-electron chi connectivity index (χ3n) is 2.05. The van der Waals surface area contributed by atoms with Crippen LogP contribution in [0.3, 0.4) is 0 Å². The average molecular weight is 314 g/mol. The van der Waals surface area contributed by atoms with Crippen molar-refractivity contribution >= 4 is 27.5 Å². The zero-order chi connectivity index (χ0) is 14.7. The Morgan fingerprint density at radius 2 is 2.00 bits per heavy atom. The Labute approximate surface area is 113 Å². The molecule has 1 rings (SSSR count). The Morgan fingerprint density at radius 3 is 2.47 bits per heavy atom. The van der Waals surface area contributed by atoms with Gasteiger partial charge in [0.2, 0.25) is 10.0 Å². The predicted molar refractivity (Wildman–Crippen MR) is 68.5 cm³/mol. The first-order chi connectivity index (χ1) is 8.65. The number of nitrogens with two attached hydrogens (primary N) is 1. The first kappa shape index (κ1) is 16.1. The Kier molecular flexibility index (Phi) is 5.11. The fourth-order valence-electron chi connectivity index (χ4n) is 1.24. The molecule has 0 radical (unpaired) electrons. The molecule has 3 N–H and O–H groups in total. The fourth-order valence-corrected chi connectivity index (χ4v) is 2.99. The highest BCUT2D eigenvalue weighted by atomic mass is 32.2. The molecule has 0 atom stereocenters. The van der Waals surface area contributed by atoms with Gasteiger partial charge in [0, 0.05) is 10.6 Å². The van der Waals surface area contributed by atoms with E-state index < -0.39 is 22.7 Å². The van der Waals surface area contributed by atoms with E-state index in [1.807, 2.05) is 6.92 Å². The van der Waals surface area contributed by atoms with Crippen LogP contribution < -0.4 is 10.5 Å². The van der Waals surface area contributed by atoms with Crippen molar-refractivity contribution in [3.05, 3.63) is 18.2 Å². The van der Waals surface area contributed by atoms with E-state index in [-0.39, 0.29) is 10.6 Å². The number of nitrogen functional groups attached to an aromatic ring is 1. The molecule has 0 saturated heterocycles. The van der Waals surface area contributed by atoms with E-state index >= 15 is 0 Å². The van der Waals surface area contributed by atoms with Gasteiger partial charge in [-0.1, -0.05) is 6.92 Å². The first-order valence-corrected chi connectivity index (χ1v) is 7.71. The van der Waals surface area contributed by atoms with E-state index in [1.165, 1.54) is 28.6 Å². The SMILES string of the molecule is CCSc1ccc(S(=O)(=O)NCC(F)(F)F)cc1N. The predicted octanol–water partition coefficient (Wildman–Crippen LogP) is 2.22. The molecule has 0 fully saturated rings. The second-order valence-corrected chi connectivity index (χ2v) is 6.65. The first-order valence-electron chi connectivity index (χ1n) is 5.24. The standard InChI is InChI=1S/C10H13F3N2O2S2/c1-2-18-9-4-3-7(5-8(9)14)19(16,17)15-6-10(11,12)13/h3-5,15H,2,6,14H2,1H3. The van der Waals surface area contributed by atoms with Gasteiger partial charge in [0.25, 0.3) is 0 Å². The van der Waals surface area contributed by atoms with Crippen molar-refractivity contribution in [2.45, 2.75) is 22.9 Å². The van der Waals surface area contributed by atoms with Crippen LogP contribution in [0.2, 0.25) is 0 Å². The smallest absolute Gasteiger partial charge is 0.398 e. The molecule has 9 heteroatoms. The molecule has 108 valence electrons. The average Bonchev–Trinajstić information content (AvgIpc) is 2.29. The number of thioether (sulfide) groups is 1. The minimum absolute atomic E-state index is 0.224. The Balaban J connectivity index is 2.93. The van der Waals surface area contributed by atoms with Gasteiger partial charge in [-0.05, 0) is 24.0 Å². The largest absolute Gasteiger partial charge is 0.402 e. The van der Waals surface area contributed by atoms with Gasteiger partial charge in [0.1, 0.15) is 6.54 Å². The van der Waals surface area contributed by atoms with Crippen LogP contribution in [0.5, 0.6) is 0 Å². The van der Waals surface area contributed by atoms with Crippen LogP contribution in [0, 0.1) is 0 Å². The summed E-state index contributed by atoms with van der Waals surface area (Å²) in [6, 6.07) is 3.86. The summed E-state index contributed by atoms with van der Waals surface area (Å²) in [7, 11) is -4.21. The van der Waals surface area contributed by atoms with E-state index in [0.29, 0.717) is 4.90 Å². The maximum atomic E-state index is 12.0. The second kappa shape index (κ2) is 6.02. The van der Waals surface area contributed by atoms with Crippen LogP contribution in [0.1, 0.15) is 6.92 Å². The molecule has 1 aromatic carbocycles. The van der Waals surface area contributed by atoms with Gasteiger partial charge < -0.3 is 5.73 Å². The zero-order valence-electron chi connectivity index (χ0n) is 9.99. The maximum Gasteiger partial charge on any atom is 0.402 e. The summed E-state index contributed by atoms with van der Waals surface area (Å²) < 4.78 is 60.7. The Hall–Kier alpha value is -0.930. The summed E-state index contributed by atoms with van der Waals surface area (Å²) in [5.41, 5.74) is 5.87. The summed E-state index contributed by atoms with van der Waals surface area (Å²) >= 11 is 1.42. The molecule has 0 spiro atoms. The van der Waals surface area contributed by atoms with Gasteiger partial charge in [0.15, 0.2) is 0 Å². The van der Waals surface area contributed by atoms with Crippen LogP contribution in [-0.4, -0.2) is 26.9 Å². The normalized spacial score (nSPS) is 12.6. The van der Waals surface area contributed by atoms with E-state index in [0.717, 1.165) is 11.8 Å². The maximum absolute atomic E-state index is 12.0. The summed E-state index contributed by atoms with van der Waals surface area (Å²) in [5.74, 6) is 0.753. The minimum Gasteiger partial charge on any atom is -0.398 e. The van der Waals surface area contributed by atoms with Crippen LogP contribution >= 0.6 is 11.8 Å². The number of rotatable bonds is 5. The molecular formula is C10H13F3N2O2S2. The summed E-state index contributed by atoms with van der Waals surface area (Å²) in [5, 5.41) is 0. The van der Waals surface area contributed by atoms with Gasteiger partial charge in [-0.2, -0.15) is 13.2 Å². The summed E-state index contributed by atoms with van der Waals surface area (Å²) in [6.07, 6.45) is -4.60. The topological polar surface area (TPSA) is 72.2 Å². The van der Waals surface area contributed by atoms with Crippen LogP contribution in [0.15, 0.2) is 28.0 Å². The van der Waals surface area contributed by atoms with Gasteiger partial charge in [-0.3, -0.25) is 0 Å². The van der Waals surface area contributed by atoms with E-state index in [2.05, 4.69) is 0 Å². The van der Waals surface area contributed by atoms with Gasteiger partial charge in [0.05, 0.1) is 4.90 Å². The van der Waals surface area contributed by atoms with Crippen molar-refractivity contribution in [3.8, 4) is 0 Å². The van der Waals surface area contributed by atoms with Gasteiger partial charge in [-0.15, -0.1) is 11.8 Å². The van der Waals surface area contributed by atoms with Crippen molar-refractivity contribution in [3.63, 3.8) is 0 Å². The van der Waals surface area contributed by atoms with E-state index in [9.17, 15) is 21.6 Å². The molecule has 0 unspecified atom stereocenters. The van der Waals surface area contributed by atoms with E-state index in [1.54, 1.807) is 0 Å². The van der Waals surface area contributed by atoms with E-state index in [4.69, 9.17) is 5.73 Å².